The number of fused-ring (bicyclic) bond motifs is 1. The summed E-state index contributed by atoms with van der Waals surface area (Å²) in [5.74, 6) is 0.268. The van der Waals surface area contributed by atoms with E-state index >= 15 is 0 Å². The molecule has 0 saturated carbocycles. The molecule has 1 aromatic carbocycles. The van der Waals surface area contributed by atoms with Crippen LogP contribution in [-0.4, -0.2) is 14.2 Å². The predicted octanol–water partition coefficient (Wildman–Crippen LogP) is 4.07. The topological polar surface area (TPSA) is 34.1 Å². The monoisotopic (exact) mass is 310 g/mol. The van der Waals surface area contributed by atoms with E-state index in [2.05, 4.69) is 25.1 Å². The molecular formula is C14H14O2S3. The quantitative estimate of drug-likeness (QED) is 0.838. The minimum Gasteiger partial charge on any atom is -0.223 e. The lowest BCUT2D eigenvalue weighted by Crippen LogP contribution is -2.16. The first-order valence-electron chi connectivity index (χ1n) is 6.10. The third-order valence-electron chi connectivity index (χ3n) is 3.20. The van der Waals surface area contributed by atoms with Gasteiger partial charge in [-0.2, -0.15) is 0 Å². The number of hydrogen-bond donors (Lipinski definition) is 0. The molecule has 1 atom stereocenters. The van der Waals surface area contributed by atoms with Crippen molar-refractivity contribution in [3.05, 3.63) is 46.8 Å². The fourth-order valence-corrected chi connectivity index (χ4v) is 6.87. The van der Waals surface area contributed by atoms with Crippen LogP contribution in [-0.2, 0) is 9.84 Å². The maximum Gasteiger partial charge on any atom is 0.188 e. The minimum atomic E-state index is -3.03. The van der Waals surface area contributed by atoms with Gasteiger partial charge in [0.25, 0.3) is 0 Å². The van der Waals surface area contributed by atoms with Gasteiger partial charge in [0.15, 0.2) is 9.84 Å². The first-order chi connectivity index (χ1) is 9.06. The Hall–Kier alpha value is -0.780. The second kappa shape index (κ2) is 4.96. The number of rotatable bonds is 2. The van der Waals surface area contributed by atoms with Gasteiger partial charge in [0.2, 0.25) is 0 Å². The molecule has 1 aliphatic heterocycles. The van der Waals surface area contributed by atoms with Crippen LogP contribution in [0.1, 0.15) is 22.8 Å². The largest absolute Gasteiger partial charge is 0.223 e. The Bertz CT molecular complexity index is 701. The molecule has 2 aromatic rings. The molecule has 0 saturated heterocycles. The minimum absolute atomic E-state index is 0.256. The average Bonchev–Trinajstić information content (AvgIpc) is 2.84. The van der Waals surface area contributed by atoms with E-state index in [-0.39, 0.29) is 11.0 Å². The molecule has 1 aromatic heterocycles. The summed E-state index contributed by atoms with van der Waals surface area (Å²) in [5.41, 5.74) is 2.22. The summed E-state index contributed by atoms with van der Waals surface area (Å²) < 4.78 is 24.5. The van der Waals surface area contributed by atoms with E-state index in [4.69, 9.17) is 0 Å². The van der Waals surface area contributed by atoms with Gasteiger partial charge in [0.1, 0.15) is 4.21 Å². The van der Waals surface area contributed by atoms with E-state index in [0.29, 0.717) is 10.6 Å². The Morgan fingerprint density at radius 2 is 2.16 bits per heavy atom. The van der Waals surface area contributed by atoms with Gasteiger partial charge in [-0.3, -0.25) is 0 Å². The number of hydrogen-bond acceptors (Lipinski definition) is 4. The molecule has 1 aliphatic rings. The molecular weight excluding hydrogens is 296 g/mol. The van der Waals surface area contributed by atoms with Gasteiger partial charge in [0, 0.05) is 10.1 Å². The van der Waals surface area contributed by atoms with Crippen LogP contribution in [0.2, 0.25) is 0 Å². The molecule has 5 heteroatoms. The summed E-state index contributed by atoms with van der Waals surface area (Å²) in [6.07, 6.45) is 0.699. The summed E-state index contributed by atoms with van der Waals surface area (Å²) in [5, 5.41) is 2.14. The molecule has 0 fully saturated rings. The third-order valence-corrected chi connectivity index (χ3v) is 7.85. The van der Waals surface area contributed by atoms with Crippen LogP contribution >= 0.6 is 23.1 Å². The molecule has 0 unspecified atom stereocenters. The van der Waals surface area contributed by atoms with Crippen molar-refractivity contribution in [2.75, 3.05) is 5.75 Å². The Labute approximate surface area is 121 Å². The lowest BCUT2D eigenvalue weighted by atomic mass is 10.2. The van der Waals surface area contributed by atoms with E-state index in [1.807, 2.05) is 17.5 Å². The van der Waals surface area contributed by atoms with Gasteiger partial charge in [-0.05, 0) is 42.5 Å². The first-order valence-corrected chi connectivity index (χ1v) is 9.51. The van der Waals surface area contributed by atoms with Crippen molar-refractivity contribution in [1.82, 2.24) is 0 Å². The van der Waals surface area contributed by atoms with E-state index in [9.17, 15) is 8.42 Å². The number of thioether (sulfide) groups is 1. The second-order valence-corrected chi connectivity index (χ2v) is 9.19. The molecule has 100 valence electrons. The van der Waals surface area contributed by atoms with Crippen LogP contribution in [0.5, 0.6) is 0 Å². The van der Waals surface area contributed by atoms with Gasteiger partial charge >= 0.3 is 0 Å². The van der Waals surface area contributed by atoms with Crippen LogP contribution in [0.25, 0.3) is 0 Å². The maximum absolute atomic E-state index is 12.0. The first kappa shape index (κ1) is 13.2. The SMILES string of the molecule is Cc1cccc(S[C@@H]2CCS(=O)(=O)c3sccc32)c1. The normalized spacial score (nSPS) is 21.0. The van der Waals surface area contributed by atoms with Crippen molar-refractivity contribution in [2.45, 2.75) is 27.7 Å². The third kappa shape index (κ3) is 2.59. The lowest BCUT2D eigenvalue weighted by Gasteiger charge is -2.22. The Kier molecular flexibility index (Phi) is 3.45. The fraction of sp³-hybridized carbons (Fsp3) is 0.286. The maximum atomic E-state index is 12.0. The van der Waals surface area contributed by atoms with Gasteiger partial charge in [-0.15, -0.1) is 23.1 Å². The fourth-order valence-electron chi connectivity index (χ4n) is 2.28. The number of sulfone groups is 1. The van der Waals surface area contributed by atoms with Gasteiger partial charge < -0.3 is 0 Å². The molecule has 0 spiro atoms. The van der Waals surface area contributed by atoms with Crippen molar-refractivity contribution >= 4 is 32.9 Å². The van der Waals surface area contributed by atoms with E-state index in [1.54, 1.807) is 11.8 Å². The molecule has 3 rings (SSSR count). The molecule has 0 N–H and O–H groups in total. The van der Waals surface area contributed by atoms with Gasteiger partial charge in [-0.1, -0.05) is 17.7 Å². The van der Waals surface area contributed by atoms with Crippen molar-refractivity contribution in [3.63, 3.8) is 0 Å². The summed E-state index contributed by atoms with van der Waals surface area (Å²) >= 11 is 3.12. The van der Waals surface area contributed by atoms with E-state index in [1.165, 1.54) is 21.8 Å². The van der Waals surface area contributed by atoms with Crippen LogP contribution in [0.4, 0.5) is 0 Å². The van der Waals surface area contributed by atoms with Crippen LogP contribution in [0, 0.1) is 6.92 Å². The lowest BCUT2D eigenvalue weighted by molar-refractivity contribution is 0.588. The highest BCUT2D eigenvalue weighted by molar-refractivity contribution is 8.00. The van der Waals surface area contributed by atoms with Crippen molar-refractivity contribution < 1.29 is 8.42 Å². The summed E-state index contributed by atoms with van der Waals surface area (Å²) in [6.45, 7) is 2.07. The molecule has 19 heavy (non-hydrogen) atoms. The number of benzene rings is 1. The molecule has 0 bridgehead atoms. The predicted molar refractivity (Wildman–Crippen MR) is 80.8 cm³/mol. The summed E-state index contributed by atoms with van der Waals surface area (Å²) in [7, 11) is -3.03. The van der Waals surface area contributed by atoms with Crippen molar-refractivity contribution in [3.8, 4) is 0 Å². The van der Waals surface area contributed by atoms with Crippen LogP contribution in [0.3, 0.4) is 0 Å². The molecule has 2 nitrogen and oxygen atoms in total. The zero-order valence-electron chi connectivity index (χ0n) is 10.5. The Morgan fingerprint density at radius 3 is 2.95 bits per heavy atom. The highest BCUT2D eigenvalue weighted by atomic mass is 32.2. The standard InChI is InChI=1S/C14H14O2S3/c1-10-3-2-4-11(9-10)18-13-6-8-19(15,16)14-12(13)5-7-17-14/h2-5,7,9,13H,6,8H2,1H3/t13-/m1/s1. The Balaban J connectivity index is 1.92. The van der Waals surface area contributed by atoms with E-state index < -0.39 is 9.84 Å². The summed E-state index contributed by atoms with van der Waals surface area (Å²) in [4.78, 5) is 1.21. The second-order valence-electron chi connectivity index (χ2n) is 4.69. The van der Waals surface area contributed by atoms with Crippen LogP contribution in [0.15, 0.2) is 44.8 Å². The van der Waals surface area contributed by atoms with Gasteiger partial charge in [0.05, 0.1) is 5.75 Å². The van der Waals surface area contributed by atoms with Crippen molar-refractivity contribution in [1.29, 1.82) is 0 Å². The number of thiophene rings is 1. The van der Waals surface area contributed by atoms with Crippen molar-refractivity contribution in [2.24, 2.45) is 0 Å². The van der Waals surface area contributed by atoms with Crippen LogP contribution < -0.4 is 0 Å². The van der Waals surface area contributed by atoms with E-state index in [0.717, 1.165) is 5.56 Å². The smallest absolute Gasteiger partial charge is 0.188 e. The average molecular weight is 310 g/mol. The zero-order chi connectivity index (χ0) is 13.5. The zero-order valence-corrected chi connectivity index (χ0v) is 12.9. The Morgan fingerprint density at radius 1 is 1.32 bits per heavy atom. The highest BCUT2D eigenvalue weighted by Gasteiger charge is 2.31. The molecule has 0 aliphatic carbocycles. The summed E-state index contributed by atoms with van der Waals surface area (Å²) in [6, 6.07) is 10.3. The molecule has 2 heterocycles. The highest BCUT2D eigenvalue weighted by Crippen LogP contribution is 2.46. The molecule has 0 radical (unpaired) electrons. The number of aryl methyl sites for hydroxylation is 1. The molecule has 0 amide bonds. The van der Waals surface area contributed by atoms with Gasteiger partial charge in [-0.25, -0.2) is 8.42 Å².